The summed E-state index contributed by atoms with van der Waals surface area (Å²) in [5.74, 6) is 1.12. The fraction of sp³-hybridized carbons (Fsp3) is 0.769. The van der Waals surface area contributed by atoms with Crippen LogP contribution in [0.25, 0.3) is 0 Å². The third kappa shape index (κ3) is 3.00. The van der Waals surface area contributed by atoms with Gasteiger partial charge in [-0.2, -0.15) is 0 Å². The second kappa shape index (κ2) is 5.54. The summed E-state index contributed by atoms with van der Waals surface area (Å²) in [6.45, 7) is 7.40. The molecule has 0 saturated carbocycles. The van der Waals surface area contributed by atoms with Crippen molar-refractivity contribution in [2.75, 3.05) is 18.0 Å². The first-order valence-electron chi connectivity index (χ1n) is 6.75. The van der Waals surface area contributed by atoms with Crippen LogP contribution in [0.15, 0.2) is 6.20 Å². The van der Waals surface area contributed by atoms with Gasteiger partial charge in [0.1, 0.15) is 0 Å². The zero-order valence-electron chi connectivity index (χ0n) is 11.0. The Kier molecular flexibility index (Phi) is 4.05. The topological polar surface area (TPSA) is 47.1 Å². The minimum Gasteiger partial charge on any atom is -0.341 e. The molecule has 4 nitrogen and oxygen atoms in total. The SMILES string of the molecule is CCCCn1cc(C)nc1N1CCCC(N)C1. The third-order valence-electron chi connectivity index (χ3n) is 3.37. The van der Waals surface area contributed by atoms with Gasteiger partial charge in [-0.25, -0.2) is 4.98 Å². The minimum atomic E-state index is 0.306. The summed E-state index contributed by atoms with van der Waals surface area (Å²) in [4.78, 5) is 7.00. The highest BCUT2D eigenvalue weighted by molar-refractivity contribution is 5.34. The summed E-state index contributed by atoms with van der Waals surface area (Å²) >= 11 is 0. The number of hydrogen-bond acceptors (Lipinski definition) is 3. The molecule has 1 saturated heterocycles. The first-order chi connectivity index (χ1) is 8.20. The van der Waals surface area contributed by atoms with Crippen LogP contribution < -0.4 is 10.6 Å². The molecule has 17 heavy (non-hydrogen) atoms. The van der Waals surface area contributed by atoms with E-state index in [1.54, 1.807) is 0 Å². The standard InChI is InChI=1S/C13H24N4/c1-3-4-7-16-9-11(2)15-13(16)17-8-5-6-12(14)10-17/h9,12H,3-8,10,14H2,1-2H3. The average Bonchev–Trinajstić information content (AvgIpc) is 2.68. The summed E-state index contributed by atoms with van der Waals surface area (Å²) in [5, 5.41) is 0. The van der Waals surface area contributed by atoms with Crippen molar-refractivity contribution in [1.82, 2.24) is 9.55 Å². The Morgan fingerprint density at radius 1 is 1.53 bits per heavy atom. The number of aryl methyl sites for hydroxylation is 2. The molecule has 1 aliphatic rings. The van der Waals surface area contributed by atoms with E-state index in [2.05, 4.69) is 34.5 Å². The van der Waals surface area contributed by atoms with E-state index in [0.717, 1.165) is 37.7 Å². The summed E-state index contributed by atoms with van der Waals surface area (Å²) in [5.41, 5.74) is 7.15. The number of aromatic nitrogens is 2. The molecule has 2 rings (SSSR count). The van der Waals surface area contributed by atoms with E-state index in [1.165, 1.54) is 19.3 Å². The third-order valence-corrected chi connectivity index (χ3v) is 3.37. The normalized spacial score (nSPS) is 20.9. The van der Waals surface area contributed by atoms with Crippen LogP contribution in [0.1, 0.15) is 38.3 Å². The Balaban J connectivity index is 2.12. The summed E-state index contributed by atoms with van der Waals surface area (Å²) in [6, 6.07) is 0.306. The van der Waals surface area contributed by atoms with Crippen LogP contribution in [-0.2, 0) is 6.54 Å². The lowest BCUT2D eigenvalue weighted by molar-refractivity contribution is 0.490. The number of unbranched alkanes of at least 4 members (excludes halogenated alkanes) is 1. The van der Waals surface area contributed by atoms with Crippen molar-refractivity contribution in [3.63, 3.8) is 0 Å². The number of imidazole rings is 1. The molecule has 1 fully saturated rings. The number of hydrogen-bond donors (Lipinski definition) is 1. The first-order valence-corrected chi connectivity index (χ1v) is 6.75. The number of anilines is 1. The van der Waals surface area contributed by atoms with Crippen molar-refractivity contribution in [2.24, 2.45) is 5.73 Å². The Labute approximate surface area is 104 Å². The molecule has 4 heteroatoms. The average molecular weight is 236 g/mol. The highest BCUT2D eigenvalue weighted by atomic mass is 15.3. The minimum absolute atomic E-state index is 0.306. The van der Waals surface area contributed by atoms with E-state index < -0.39 is 0 Å². The summed E-state index contributed by atoms with van der Waals surface area (Å²) in [6.07, 6.45) is 6.91. The predicted molar refractivity (Wildman–Crippen MR) is 71.3 cm³/mol. The van der Waals surface area contributed by atoms with Gasteiger partial charge in [-0.1, -0.05) is 13.3 Å². The molecule has 0 bridgehead atoms. The van der Waals surface area contributed by atoms with E-state index in [0.29, 0.717) is 6.04 Å². The van der Waals surface area contributed by atoms with Crippen LogP contribution in [0.3, 0.4) is 0 Å². The molecule has 1 unspecified atom stereocenters. The van der Waals surface area contributed by atoms with Crippen molar-refractivity contribution in [3.05, 3.63) is 11.9 Å². The smallest absolute Gasteiger partial charge is 0.205 e. The molecule has 2 N–H and O–H groups in total. The molecule has 0 amide bonds. The molecule has 0 aromatic carbocycles. The monoisotopic (exact) mass is 236 g/mol. The molecule has 1 aromatic rings. The second-order valence-corrected chi connectivity index (χ2v) is 5.08. The van der Waals surface area contributed by atoms with Gasteiger partial charge in [-0.15, -0.1) is 0 Å². The second-order valence-electron chi connectivity index (χ2n) is 5.08. The number of rotatable bonds is 4. The number of piperidine rings is 1. The summed E-state index contributed by atoms with van der Waals surface area (Å²) in [7, 11) is 0. The molecule has 1 aliphatic heterocycles. The Hall–Kier alpha value is -1.03. The van der Waals surface area contributed by atoms with E-state index in [4.69, 9.17) is 5.73 Å². The van der Waals surface area contributed by atoms with Gasteiger partial charge in [-0.05, 0) is 26.2 Å². The van der Waals surface area contributed by atoms with Gasteiger partial charge in [0.15, 0.2) is 0 Å². The van der Waals surface area contributed by atoms with Gasteiger partial charge in [0, 0.05) is 31.9 Å². The van der Waals surface area contributed by atoms with Crippen LogP contribution in [0, 0.1) is 6.92 Å². The molecular formula is C13H24N4. The molecular weight excluding hydrogens is 212 g/mol. The van der Waals surface area contributed by atoms with E-state index in [-0.39, 0.29) is 0 Å². The van der Waals surface area contributed by atoms with Crippen LogP contribution in [0.2, 0.25) is 0 Å². The van der Waals surface area contributed by atoms with E-state index in [9.17, 15) is 0 Å². The Morgan fingerprint density at radius 3 is 3.06 bits per heavy atom. The van der Waals surface area contributed by atoms with Crippen LogP contribution >= 0.6 is 0 Å². The molecule has 0 radical (unpaired) electrons. The van der Waals surface area contributed by atoms with Crippen LogP contribution in [0.5, 0.6) is 0 Å². The molecule has 2 heterocycles. The van der Waals surface area contributed by atoms with Gasteiger partial charge in [0.2, 0.25) is 5.95 Å². The largest absolute Gasteiger partial charge is 0.341 e. The van der Waals surface area contributed by atoms with Crippen molar-refractivity contribution >= 4 is 5.95 Å². The van der Waals surface area contributed by atoms with Gasteiger partial charge in [0.25, 0.3) is 0 Å². The van der Waals surface area contributed by atoms with Gasteiger partial charge >= 0.3 is 0 Å². The zero-order chi connectivity index (χ0) is 12.3. The van der Waals surface area contributed by atoms with Crippen LogP contribution in [-0.4, -0.2) is 28.7 Å². The highest BCUT2D eigenvalue weighted by Gasteiger charge is 2.20. The maximum atomic E-state index is 6.04. The fourth-order valence-corrected chi connectivity index (χ4v) is 2.47. The van der Waals surface area contributed by atoms with Crippen LogP contribution in [0.4, 0.5) is 5.95 Å². The van der Waals surface area contributed by atoms with Gasteiger partial charge < -0.3 is 15.2 Å². The molecule has 96 valence electrons. The molecule has 0 aliphatic carbocycles. The highest BCUT2D eigenvalue weighted by Crippen LogP contribution is 2.19. The maximum Gasteiger partial charge on any atom is 0.205 e. The van der Waals surface area contributed by atoms with Crippen molar-refractivity contribution < 1.29 is 0 Å². The van der Waals surface area contributed by atoms with Crippen molar-refractivity contribution in [3.8, 4) is 0 Å². The molecule has 1 aromatic heterocycles. The predicted octanol–water partition coefficient (Wildman–Crippen LogP) is 1.92. The number of nitrogens with two attached hydrogens (primary N) is 1. The first kappa shape index (κ1) is 12.4. The maximum absolute atomic E-state index is 6.04. The van der Waals surface area contributed by atoms with E-state index in [1.807, 2.05) is 0 Å². The van der Waals surface area contributed by atoms with E-state index >= 15 is 0 Å². The van der Waals surface area contributed by atoms with Crippen molar-refractivity contribution in [2.45, 2.75) is 52.1 Å². The fourth-order valence-electron chi connectivity index (χ4n) is 2.47. The summed E-state index contributed by atoms with van der Waals surface area (Å²) < 4.78 is 2.29. The number of nitrogens with zero attached hydrogens (tertiary/aromatic N) is 3. The molecule has 1 atom stereocenters. The lowest BCUT2D eigenvalue weighted by Gasteiger charge is -2.31. The lowest BCUT2D eigenvalue weighted by Crippen LogP contribution is -2.44. The van der Waals surface area contributed by atoms with Crippen molar-refractivity contribution in [1.29, 1.82) is 0 Å². The Morgan fingerprint density at radius 2 is 2.35 bits per heavy atom. The Bertz CT molecular complexity index is 358. The molecule has 0 spiro atoms. The zero-order valence-corrected chi connectivity index (χ0v) is 11.0. The quantitative estimate of drug-likeness (QED) is 0.869. The lowest BCUT2D eigenvalue weighted by atomic mass is 10.1. The van der Waals surface area contributed by atoms with Gasteiger partial charge in [0.05, 0.1) is 5.69 Å². The van der Waals surface area contributed by atoms with Gasteiger partial charge in [-0.3, -0.25) is 0 Å².